The van der Waals surface area contributed by atoms with E-state index in [0.29, 0.717) is 47.8 Å². The van der Waals surface area contributed by atoms with Crippen molar-refractivity contribution in [2.24, 2.45) is 10.8 Å². The number of benzene rings is 2. The van der Waals surface area contributed by atoms with E-state index >= 15 is 0 Å². The molecule has 0 spiro atoms. The molecule has 6 aromatic heterocycles. The summed E-state index contributed by atoms with van der Waals surface area (Å²) < 4.78 is 35.0. The first-order valence-corrected chi connectivity index (χ1v) is 26.0. The fourth-order valence-electron chi connectivity index (χ4n) is 6.30. The van der Waals surface area contributed by atoms with Crippen LogP contribution in [0.2, 0.25) is 0 Å². The van der Waals surface area contributed by atoms with E-state index in [1.165, 1.54) is 7.11 Å². The number of aliphatic carboxylic acids is 1. The van der Waals surface area contributed by atoms with Gasteiger partial charge in [0, 0.05) is 77.1 Å². The van der Waals surface area contributed by atoms with Gasteiger partial charge in [-0.1, -0.05) is 60.7 Å². The third-order valence-electron chi connectivity index (χ3n) is 10.7. The van der Waals surface area contributed by atoms with Crippen molar-refractivity contribution < 1.29 is 43.1 Å². The maximum Gasteiger partial charge on any atom is 0.342 e. The van der Waals surface area contributed by atoms with Gasteiger partial charge in [-0.05, 0) is 81.9 Å². The van der Waals surface area contributed by atoms with E-state index in [0.717, 1.165) is 39.1 Å². The first-order valence-electron chi connectivity index (χ1n) is 22.9. The zero-order valence-corrected chi connectivity index (χ0v) is 42.7. The van der Waals surface area contributed by atoms with E-state index in [2.05, 4.69) is 64.0 Å². The number of aromatic amines is 1. The zero-order valence-electron chi connectivity index (χ0n) is 41.9. The van der Waals surface area contributed by atoms with Crippen LogP contribution in [0.15, 0.2) is 134 Å². The van der Waals surface area contributed by atoms with Gasteiger partial charge in [-0.3, -0.25) is 14.7 Å². The maximum atomic E-state index is 11.9. The van der Waals surface area contributed by atoms with Crippen molar-refractivity contribution in [3.8, 4) is 80.6 Å². The van der Waals surface area contributed by atoms with Crippen molar-refractivity contribution in [3.63, 3.8) is 0 Å². The van der Waals surface area contributed by atoms with Crippen LogP contribution < -0.4 is 18.9 Å². The van der Waals surface area contributed by atoms with Gasteiger partial charge in [0.15, 0.2) is 11.6 Å². The number of esters is 1. The lowest BCUT2D eigenvalue weighted by atomic mass is 9.95. The van der Waals surface area contributed by atoms with Crippen LogP contribution in [0.1, 0.15) is 27.7 Å². The van der Waals surface area contributed by atoms with Gasteiger partial charge < -0.3 is 33.5 Å². The Bertz CT molecular complexity index is 3020. The number of carboxylic acid groups (broad SMARTS) is 1. The topological polar surface area (TPSA) is 234 Å². The van der Waals surface area contributed by atoms with Crippen LogP contribution >= 0.6 is 10.0 Å². The van der Waals surface area contributed by atoms with Crippen LogP contribution in [-0.2, 0) is 25.8 Å². The molecule has 380 valence electrons. The van der Waals surface area contributed by atoms with Crippen LogP contribution in [0, 0.1) is 10.8 Å². The van der Waals surface area contributed by atoms with Crippen molar-refractivity contribution in [2.45, 2.75) is 34.4 Å². The molecule has 73 heavy (non-hydrogen) atoms. The SMILES string of the molecule is CC(C)(COc1ccc(-c2ccc(-c3nc(Oc4ccccn4)n[nH]3)cc2)cn1)C(=O)O.COC(=O)C(C)(C)COc1ccc(-c2ccc(-c3nc(Oc4ccccn4)n(COCCS(C)(C)C)n3)cc2)cn1. The average Bonchev–Trinajstić information content (AvgIpc) is 4.04. The molecular formula is C53H58N10O9S. The van der Waals surface area contributed by atoms with E-state index in [1.54, 1.807) is 87.5 Å². The fraction of sp³-hybridized carbons (Fsp3) is 0.283. The Morgan fingerprint density at radius 3 is 1.67 bits per heavy atom. The molecule has 20 heteroatoms. The zero-order chi connectivity index (χ0) is 52.0. The van der Waals surface area contributed by atoms with Crippen molar-refractivity contribution in [1.82, 2.24) is 49.9 Å². The molecule has 19 nitrogen and oxygen atoms in total. The van der Waals surface area contributed by atoms with Crippen LogP contribution in [0.5, 0.6) is 35.5 Å². The molecule has 2 aromatic carbocycles. The van der Waals surface area contributed by atoms with E-state index < -0.39 is 26.8 Å². The summed E-state index contributed by atoms with van der Waals surface area (Å²) in [7, 11) is 0.707. The van der Waals surface area contributed by atoms with Gasteiger partial charge >= 0.3 is 24.0 Å². The molecule has 0 aliphatic rings. The first-order chi connectivity index (χ1) is 34.9. The fourth-order valence-corrected chi connectivity index (χ4v) is 6.92. The Hall–Kier alpha value is -8.23. The highest BCUT2D eigenvalue weighted by Crippen LogP contribution is 2.34. The number of nitrogens with zero attached hydrogens (tertiary/aromatic N) is 9. The third-order valence-corrected chi connectivity index (χ3v) is 12.1. The lowest BCUT2D eigenvalue weighted by Gasteiger charge is -2.24. The smallest absolute Gasteiger partial charge is 0.342 e. The number of hydrogen-bond donors (Lipinski definition) is 2. The number of ether oxygens (including phenoxy) is 6. The summed E-state index contributed by atoms with van der Waals surface area (Å²) in [6, 6.07) is 34.2. The Balaban J connectivity index is 0.000000220. The molecule has 0 unspecified atom stereocenters. The summed E-state index contributed by atoms with van der Waals surface area (Å²) >= 11 is 0. The van der Waals surface area contributed by atoms with E-state index in [9.17, 15) is 9.59 Å². The third kappa shape index (κ3) is 15.1. The summed E-state index contributed by atoms with van der Waals surface area (Å²) in [5, 5.41) is 20.7. The minimum atomic E-state index is -0.987. The largest absolute Gasteiger partial charge is 0.481 e. The minimum absolute atomic E-state index is 0.0343. The average molecular weight is 1010 g/mol. The van der Waals surface area contributed by atoms with Crippen LogP contribution in [0.4, 0.5) is 0 Å². The molecule has 2 N–H and O–H groups in total. The second kappa shape index (κ2) is 23.8. The number of carboxylic acids is 1. The molecular weight excluding hydrogens is 953 g/mol. The van der Waals surface area contributed by atoms with Crippen LogP contribution in [0.3, 0.4) is 0 Å². The molecule has 0 saturated carbocycles. The predicted octanol–water partition coefficient (Wildman–Crippen LogP) is 9.65. The number of carbonyl (C=O) groups excluding carboxylic acids is 1. The number of methoxy groups -OCH3 is 1. The van der Waals surface area contributed by atoms with Gasteiger partial charge in [-0.2, -0.15) is 14.6 Å². The van der Waals surface area contributed by atoms with Crippen LogP contribution in [-0.4, -0.2) is 118 Å². The molecule has 0 radical (unpaired) electrons. The van der Waals surface area contributed by atoms with E-state index in [-0.39, 0.29) is 31.9 Å². The quantitative estimate of drug-likeness (QED) is 0.0503. The second-order valence-electron chi connectivity index (χ2n) is 18.6. The molecule has 6 heterocycles. The maximum absolute atomic E-state index is 11.9. The second-order valence-corrected chi connectivity index (χ2v) is 23.2. The van der Waals surface area contributed by atoms with Gasteiger partial charge in [0.2, 0.25) is 23.5 Å². The summed E-state index contributed by atoms with van der Waals surface area (Å²) in [4.78, 5) is 49.0. The highest BCUT2D eigenvalue weighted by atomic mass is 32.3. The molecule has 0 fully saturated rings. The Morgan fingerprint density at radius 1 is 0.630 bits per heavy atom. The van der Waals surface area contributed by atoms with Gasteiger partial charge in [0.1, 0.15) is 19.9 Å². The molecule has 0 amide bonds. The lowest BCUT2D eigenvalue weighted by Crippen LogP contribution is -2.32. The van der Waals surface area contributed by atoms with Gasteiger partial charge in [-0.15, -0.1) is 10.2 Å². The molecule has 0 aliphatic carbocycles. The molecule has 0 saturated heterocycles. The number of carbonyl (C=O) groups is 2. The normalized spacial score (nSPS) is 11.7. The minimum Gasteiger partial charge on any atom is -0.481 e. The number of rotatable bonds is 21. The monoisotopic (exact) mass is 1010 g/mol. The Labute approximate surface area is 424 Å². The molecule has 8 aromatic rings. The van der Waals surface area contributed by atoms with Crippen molar-refractivity contribution in [2.75, 3.05) is 51.5 Å². The van der Waals surface area contributed by atoms with Gasteiger partial charge in [-0.25, -0.2) is 30.0 Å². The first kappa shape index (κ1) is 52.6. The number of pyridine rings is 4. The van der Waals surface area contributed by atoms with Crippen molar-refractivity contribution in [3.05, 3.63) is 134 Å². The predicted molar refractivity (Wildman–Crippen MR) is 277 cm³/mol. The number of hydrogen-bond acceptors (Lipinski definition) is 16. The highest BCUT2D eigenvalue weighted by molar-refractivity contribution is 8.32. The standard InChI is InChI=1S/C30H37N5O5S.C23H21N5O4/c1-30(2,28(36)37-3)20-39-25-15-14-24(19-32-25)22-10-12-23(13-11-22)27-33-29(40-26-9-7-8-16-31-26)35(34-27)21-38-17-18-41(4,5)6;1-23(2,21(29)30)14-31-18-11-10-17(13-25-18)15-6-8-16(9-7-15)20-26-22(28-27-20)32-19-5-3-4-12-24-19/h7-16,19H,17-18,20-21H2,1-6H3;3-13H,14H2,1-2H3,(H,29,30)(H,26,27,28). The summed E-state index contributed by atoms with van der Waals surface area (Å²) in [5.74, 6) is 2.49. The highest BCUT2D eigenvalue weighted by Gasteiger charge is 2.30. The van der Waals surface area contributed by atoms with E-state index in [1.807, 2.05) is 78.9 Å². The number of aromatic nitrogens is 10. The molecule has 0 aliphatic heterocycles. The lowest BCUT2D eigenvalue weighted by molar-refractivity contribution is -0.152. The van der Waals surface area contributed by atoms with Gasteiger partial charge in [0.25, 0.3) is 0 Å². The van der Waals surface area contributed by atoms with Gasteiger partial charge in [0.05, 0.1) is 24.5 Å². The number of H-pyrrole nitrogens is 1. The Morgan fingerprint density at radius 2 is 1.16 bits per heavy atom. The molecule has 0 bridgehead atoms. The summed E-state index contributed by atoms with van der Waals surface area (Å²) in [5.41, 5.74) is 3.67. The van der Waals surface area contributed by atoms with Crippen molar-refractivity contribution >= 4 is 22.0 Å². The van der Waals surface area contributed by atoms with E-state index in [4.69, 9.17) is 33.5 Å². The molecule has 8 rings (SSSR count). The summed E-state index contributed by atoms with van der Waals surface area (Å²) in [6.45, 7) is 7.79. The summed E-state index contributed by atoms with van der Waals surface area (Å²) in [6.07, 6.45) is 13.5. The number of nitrogens with one attached hydrogen (secondary N) is 1. The van der Waals surface area contributed by atoms with Crippen molar-refractivity contribution in [1.29, 1.82) is 0 Å². The van der Waals surface area contributed by atoms with Crippen LogP contribution in [0.25, 0.3) is 45.0 Å². The Kier molecular flexibility index (Phi) is 17.1. The molecule has 0 atom stereocenters.